The highest BCUT2D eigenvalue weighted by atomic mass is 16.6. The predicted molar refractivity (Wildman–Crippen MR) is 131 cm³/mol. The van der Waals surface area contributed by atoms with Gasteiger partial charge in [0.2, 0.25) is 5.60 Å². The van der Waals surface area contributed by atoms with Crippen molar-refractivity contribution in [2.75, 3.05) is 26.7 Å². The van der Waals surface area contributed by atoms with E-state index in [1.54, 1.807) is 24.3 Å². The number of likely N-dealkylation sites (N-methyl/N-ethyl adjacent to an activating group) is 1. The summed E-state index contributed by atoms with van der Waals surface area (Å²) in [5.41, 5.74) is 0.588. The van der Waals surface area contributed by atoms with Gasteiger partial charge < -0.3 is 14.3 Å². The quantitative estimate of drug-likeness (QED) is 0.404. The minimum atomic E-state index is -1.82. The molecule has 0 bridgehead atoms. The van der Waals surface area contributed by atoms with Gasteiger partial charge in [-0.3, -0.25) is 0 Å². The molecule has 1 aliphatic rings. The van der Waals surface area contributed by atoms with Crippen LogP contribution in [-0.2, 0) is 21.6 Å². The van der Waals surface area contributed by atoms with E-state index in [1.165, 1.54) is 5.56 Å². The maximum Gasteiger partial charge on any atom is 0.348 e. The third kappa shape index (κ3) is 5.52. The average Bonchev–Trinajstić information content (AvgIpc) is 2.85. The van der Waals surface area contributed by atoms with Gasteiger partial charge in [0.05, 0.1) is 20.1 Å². The van der Waals surface area contributed by atoms with Crippen LogP contribution in [0.1, 0.15) is 36.0 Å². The van der Waals surface area contributed by atoms with Gasteiger partial charge in [-0.05, 0) is 29.5 Å². The third-order valence-electron chi connectivity index (χ3n) is 6.83. The normalized spacial score (nSPS) is 20.8. The lowest BCUT2D eigenvalue weighted by Crippen LogP contribution is -2.55. The lowest BCUT2D eigenvalue weighted by molar-refractivity contribution is -0.917. The highest BCUT2D eigenvalue weighted by Crippen LogP contribution is 2.32. The number of quaternary nitrogens is 1. The molecule has 0 unspecified atom stereocenters. The summed E-state index contributed by atoms with van der Waals surface area (Å²) >= 11 is 0. The van der Waals surface area contributed by atoms with E-state index in [-0.39, 0.29) is 6.10 Å². The Labute approximate surface area is 197 Å². The fourth-order valence-corrected chi connectivity index (χ4v) is 4.98. The Morgan fingerprint density at radius 1 is 0.939 bits per heavy atom. The molecule has 0 aromatic heterocycles. The second-order valence-corrected chi connectivity index (χ2v) is 9.45. The van der Waals surface area contributed by atoms with Crippen molar-refractivity contribution >= 4 is 5.97 Å². The number of rotatable bonds is 8. The summed E-state index contributed by atoms with van der Waals surface area (Å²) in [4.78, 5) is 13.5. The zero-order valence-electron chi connectivity index (χ0n) is 19.4. The molecule has 1 saturated heterocycles. The molecule has 1 heterocycles. The van der Waals surface area contributed by atoms with E-state index in [1.807, 2.05) is 42.5 Å². The van der Waals surface area contributed by atoms with Crippen molar-refractivity contribution in [2.24, 2.45) is 0 Å². The third-order valence-corrected chi connectivity index (χ3v) is 6.83. The fraction of sp³-hybridized carbons (Fsp3) is 0.345. The smallest absolute Gasteiger partial charge is 0.348 e. The summed E-state index contributed by atoms with van der Waals surface area (Å²) in [6.45, 7) is 2.91. The van der Waals surface area contributed by atoms with Crippen LogP contribution in [0.25, 0.3) is 0 Å². The molecule has 0 spiro atoms. The van der Waals surface area contributed by atoms with Crippen LogP contribution in [-0.4, -0.2) is 48.3 Å². The lowest BCUT2D eigenvalue weighted by Gasteiger charge is -2.41. The summed E-state index contributed by atoms with van der Waals surface area (Å²) in [5, 5.41) is 11.7. The van der Waals surface area contributed by atoms with Gasteiger partial charge in [-0.25, -0.2) is 4.79 Å². The Balaban J connectivity index is 1.44. The Bertz CT molecular complexity index is 983. The van der Waals surface area contributed by atoms with Gasteiger partial charge in [0.25, 0.3) is 0 Å². The molecular formula is C29H34NO3+. The van der Waals surface area contributed by atoms with Crippen LogP contribution in [0.3, 0.4) is 0 Å². The van der Waals surface area contributed by atoms with Crippen LogP contribution in [0.4, 0.5) is 0 Å². The van der Waals surface area contributed by atoms with Crippen molar-refractivity contribution in [1.29, 1.82) is 0 Å². The van der Waals surface area contributed by atoms with E-state index >= 15 is 0 Å². The van der Waals surface area contributed by atoms with Crippen LogP contribution < -0.4 is 0 Å². The van der Waals surface area contributed by atoms with Crippen LogP contribution in [0.15, 0.2) is 91.0 Å². The SMILES string of the molecule is C[N@+]1(CCCc2ccccc2)CCC[C@@H](OC(=O)C(O)(c2ccccc2)c2ccccc2)C1. The highest BCUT2D eigenvalue weighted by molar-refractivity contribution is 5.85. The van der Waals surface area contributed by atoms with E-state index in [0.717, 1.165) is 49.8 Å². The van der Waals surface area contributed by atoms with Gasteiger partial charge in [-0.2, -0.15) is 0 Å². The Morgan fingerprint density at radius 2 is 1.48 bits per heavy atom. The summed E-state index contributed by atoms with van der Waals surface area (Å²) in [7, 11) is 2.26. The first kappa shape index (κ1) is 23.2. The molecule has 3 aromatic carbocycles. The first-order valence-electron chi connectivity index (χ1n) is 11.9. The summed E-state index contributed by atoms with van der Waals surface area (Å²) in [5.74, 6) is -0.595. The Morgan fingerprint density at radius 3 is 2.06 bits per heavy atom. The Hall–Kier alpha value is -2.95. The van der Waals surface area contributed by atoms with Gasteiger partial charge >= 0.3 is 5.97 Å². The van der Waals surface area contributed by atoms with Gasteiger partial charge in [0, 0.05) is 12.8 Å². The van der Waals surface area contributed by atoms with Crippen molar-refractivity contribution in [3.05, 3.63) is 108 Å². The molecule has 0 saturated carbocycles. The topological polar surface area (TPSA) is 46.5 Å². The fourth-order valence-electron chi connectivity index (χ4n) is 4.98. The number of hydrogen-bond acceptors (Lipinski definition) is 3. The van der Waals surface area contributed by atoms with E-state index in [0.29, 0.717) is 11.1 Å². The summed E-state index contributed by atoms with van der Waals surface area (Å²) < 4.78 is 6.91. The van der Waals surface area contributed by atoms with E-state index < -0.39 is 11.6 Å². The summed E-state index contributed by atoms with van der Waals surface area (Å²) in [6.07, 6.45) is 3.79. The van der Waals surface area contributed by atoms with Crippen molar-refractivity contribution in [3.8, 4) is 0 Å². The van der Waals surface area contributed by atoms with Gasteiger partial charge in [-0.1, -0.05) is 91.0 Å². The molecule has 1 fully saturated rings. The van der Waals surface area contributed by atoms with Crippen molar-refractivity contribution in [1.82, 2.24) is 0 Å². The van der Waals surface area contributed by atoms with Gasteiger partial charge in [0.1, 0.15) is 6.54 Å². The average molecular weight is 445 g/mol. The number of carbonyl (C=O) groups excluding carboxylic acids is 1. The number of likely N-dealkylation sites (tertiary alicyclic amines) is 1. The summed E-state index contributed by atoms with van der Waals surface area (Å²) in [6, 6.07) is 28.8. The minimum Gasteiger partial charge on any atom is -0.454 e. The number of aliphatic hydroxyl groups is 1. The number of hydrogen-bond donors (Lipinski definition) is 1. The van der Waals surface area contributed by atoms with E-state index in [2.05, 4.69) is 31.3 Å². The molecule has 4 nitrogen and oxygen atoms in total. The first-order valence-corrected chi connectivity index (χ1v) is 11.9. The first-order chi connectivity index (χ1) is 16.0. The maximum atomic E-state index is 13.5. The minimum absolute atomic E-state index is 0.202. The molecule has 1 aliphatic heterocycles. The zero-order valence-corrected chi connectivity index (χ0v) is 19.4. The van der Waals surface area contributed by atoms with Gasteiger partial charge in [-0.15, -0.1) is 0 Å². The monoisotopic (exact) mass is 444 g/mol. The molecule has 0 radical (unpaired) electrons. The van der Waals surface area contributed by atoms with Crippen molar-refractivity contribution in [3.63, 3.8) is 0 Å². The number of carbonyl (C=O) groups is 1. The molecule has 4 heteroatoms. The number of ether oxygens (including phenoxy) is 1. The second kappa shape index (κ2) is 10.3. The number of nitrogens with zero attached hydrogens (tertiary/aromatic N) is 1. The molecule has 0 aliphatic carbocycles. The number of piperidine rings is 1. The molecule has 0 amide bonds. The van der Waals surface area contributed by atoms with Crippen LogP contribution in [0.5, 0.6) is 0 Å². The van der Waals surface area contributed by atoms with E-state index in [4.69, 9.17) is 4.74 Å². The number of aryl methyl sites for hydroxylation is 1. The van der Waals surface area contributed by atoms with Crippen molar-refractivity contribution in [2.45, 2.75) is 37.4 Å². The second-order valence-electron chi connectivity index (χ2n) is 9.45. The number of esters is 1. The molecule has 1 N–H and O–H groups in total. The predicted octanol–water partition coefficient (Wildman–Crippen LogP) is 4.71. The zero-order chi connectivity index (χ0) is 23.2. The molecule has 4 rings (SSSR count). The van der Waals surface area contributed by atoms with Crippen LogP contribution in [0.2, 0.25) is 0 Å². The molecule has 33 heavy (non-hydrogen) atoms. The maximum absolute atomic E-state index is 13.5. The van der Waals surface area contributed by atoms with E-state index in [9.17, 15) is 9.90 Å². The molecule has 3 aromatic rings. The molecule has 2 atom stereocenters. The molecular weight excluding hydrogens is 410 g/mol. The highest BCUT2D eigenvalue weighted by Gasteiger charge is 2.44. The standard InChI is InChI=1S/C29H34NO3/c1-30(21-11-15-24-13-5-2-6-14-24)22-12-20-27(23-30)33-28(31)29(32,25-16-7-3-8-17-25)26-18-9-4-10-19-26/h2-10,13-14,16-19,27,32H,11-12,15,20-23H2,1H3/q+1/t27-,30+/m1/s1. The van der Waals surface area contributed by atoms with Gasteiger partial charge in [0.15, 0.2) is 6.10 Å². The largest absolute Gasteiger partial charge is 0.454 e. The lowest BCUT2D eigenvalue weighted by atomic mass is 9.86. The van der Waals surface area contributed by atoms with Crippen LogP contribution >= 0.6 is 0 Å². The van der Waals surface area contributed by atoms with Crippen LogP contribution in [0, 0.1) is 0 Å². The molecule has 172 valence electrons. The van der Waals surface area contributed by atoms with Crippen molar-refractivity contribution < 1.29 is 19.1 Å². The number of benzene rings is 3. The Kier molecular flexibility index (Phi) is 7.26.